The van der Waals surface area contributed by atoms with E-state index in [9.17, 15) is 14.0 Å². The van der Waals surface area contributed by atoms with Gasteiger partial charge < -0.3 is 4.90 Å². The van der Waals surface area contributed by atoms with Crippen molar-refractivity contribution in [3.63, 3.8) is 0 Å². The first-order valence-corrected chi connectivity index (χ1v) is 9.88. The molecule has 0 radical (unpaired) electrons. The number of pyridine rings is 1. The number of carbonyl (C=O) groups is 2. The molecule has 146 valence electrons. The molecule has 0 spiro atoms. The maximum absolute atomic E-state index is 12.9. The minimum atomic E-state index is -0.493. The van der Waals surface area contributed by atoms with E-state index in [2.05, 4.69) is 17.1 Å². The van der Waals surface area contributed by atoms with E-state index in [1.807, 2.05) is 19.1 Å². The summed E-state index contributed by atoms with van der Waals surface area (Å²) in [6.07, 6.45) is 5.87. The van der Waals surface area contributed by atoms with Gasteiger partial charge in [-0.25, -0.2) is 4.98 Å². The summed E-state index contributed by atoms with van der Waals surface area (Å²) in [4.78, 5) is 29.9. The molecule has 4 nitrogen and oxygen atoms in total. The second kappa shape index (κ2) is 6.80. The standard InChI is InChI=1S/C23H25FN2O2/c1-3-21(28)26(2)18-8-6-17(7-9-18)22-13-23(14-22,15-22)19(27)10-4-16-5-11-20(24)25-12-16/h5-9,11-12H,3-4,10,13-15H2,1-2H3. The fraction of sp³-hybridized carbons (Fsp3) is 0.435. The lowest BCUT2D eigenvalue weighted by molar-refractivity contribution is -0.173. The maximum atomic E-state index is 12.9. The number of ketones is 1. The summed E-state index contributed by atoms with van der Waals surface area (Å²) in [6.45, 7) is 1.86. The van der Waals surface area contributed by atoms with Gasteiger partial charge in [-0.3, -0.25) is 9.59 Å². The van der Waals surface area contributed by atoms with Crippen LogP contribution in [0, 0.1) is 11.4 Å². The number of anilines is 1. The predicted octanol–water partition coefficient (Wildman–Crippen LogP) is 4.22. The maximum Gasteiger partial charge on any atom is 0.226 e. The number of Topliss-reactive ketones (excluding diaryl/α,β-unsaturated/α-hetero) is 1. The van der Waals surface area contributed by atoms with Crippen LogP contribution in [0.1, 0.15) is 50.2 Å². The monoisotopic (exact) mass is 380 g/mol. The Hall–Kier alpha value is -2.56. The number of carbonyl (C=O) groups excluding carboxylic acids is 2. The molecule has 1 aromatic carbocycles. The fourth-order valence-corrected chi connectivity index (χ4v) is 4.89. The quantitative estimate of drug-likeness (QED) is 0.676. The van der Waals surface area contributed by atoms with E-state index in [0.717, 1.165) is 30.5 Å². The Morgan fingerprint density at radius 3 is 2.36 bits per heavy atom. The lowest BCUT2D eigenvalue weighted by Crippen LogP contribution is -2.67. The molecule has 0 atom stereocenters. The van der Waals surface area contributed by atoms with Crippen molar-refractivity contribution in [2.24, 2.45) is 5.41 Å². The van der Waals surface area contributed by atoms with Gasteiger partial charge in [0.1, 0.15) is 5.78 Å². The van der Waals surface area contributed by atoms with Crippen LogP contribution in [-0.4, -0.2) is 23.7 Å². The summed E-state index contributed by atoms with van der Waals surface area (Å²) in [5, 5.41) is 0. The lowest BCUT2D eigenvalue weighted by atomic mass is 9.32. The Bertz CT molecular complexity index is 885. The molecule has 3 aliphatic rings. The molecule has 3 fully saturated rings. The molecule has 28 heavy (non-hydrogen) atoms. The second-order valence-corrected chi connectivity index (χ2v) is 8.36. The lowest BCUT2D eigenvalue weighted by Gasteiger charge is -2.70. The highest BCUT2D eigenvalue weighted by Gasteiger charge is 2.70. The summed E-state index contributed by atoms with van der Waals surface area (Å²) >= 11 is 0. The van der Waals surface area contributed by atoms with Crippen LogP contribution in [0.15, 0.2) is 42.6 Å². The van der Waals surface area contributed by atoms with Crippen molar-refractivity contribution >= 4 is 17.4 Å². The number of hydrogen-bond donors (Lipinski definition) is 0. The van der Waals surface area contributed by atoms with E-state index < -0.39 is 5.95 Å². The number of aromatic nitrogens is 1. The van der Waals surface area contributed by atoms with E-state index in [4.69, 9.17) is 0 Å². The Morgan fingerprint density at radius 1 is 1.11 bits per heavy atom. The predicted molar refractivity (Wildman–Crippen MR) is 106 cm³/mol. The van der Waals surface area contributed by atoms with Gasteiger partial charge in [0.05, 0.1) is 0 Å². The highest BCUT2D eigenvalue weighted by atomic mass is 19.1. The number of amides is 1. The number of aryl methyl sites for hydroxylation is 1. The second-order valence-electron chi connectivity index (χ2n) is 8.36. The molecule has 2 bridgehead atoms. The van der Waals surface area contributed by atoms with Crippen molar-refractivity contribution in [1.29, 1.82) is 0 Å². The molecule has 5 heteroatoms. The van der Waals surface area contributed by atoms with Crippen molar-refractivity contribution < 1.29 is 14.0 Å². The molecule has 1 aromatic heterocycles. The average Bonchev–Trinajstić information content (AvgIpc) is 2.65. The molecule has 0 N–H and O–H groups in total. The summed E-state index contributed by atoms with van der Waals surface area (Å²) in [6, 6.07) is 11.2. The smallest absolute Gasteiger partial charge is 0.226 e. The number of nitrogens with zero attached hydrogens (tertiary/aromatic N) is 2. The van der Waals surface area contributed by atoms with Crippen molar-refractivity contribution in [1.82, 2.24) is 4.98 Å². The van der Waals surface area contributed by atoms with Crippen LogP contribution in [0.5, 0.6) is 0 Å². The zero-order chi connectivity index (χ0) is 19.9. The highest BCUT2D eigenvalue weighted by Crippen LogP contribution is 2.74. The third-order valence-electron chi connectivity index (χ3n) is 6.59. The van der Waals surface area contributed by atoms with Crippen molar-refractivity contribution in [3.05, 3.63) is 59.7 Å². The largest absolute Gasteiger partial charge is 0.316 e. The van der Waals surface area contributed by atoms with E-state index in [-0.39, 0.29) is 16.7 Å². The molecule has 5 rings (SSSR count). The minimum Gasteiger partial charge on any atom is -0.316 e. The van der Waals surface area contributed by atoms with Gasteiger partial charge in [-0.05, 0) is 60.4 Å². The SMILES string of the molecule is CCC(=O)N(C)c1ccc(C23CC(C(=O)CCc4ccc(F)nc4)(C2)C3)cc1. The number of benzene rings is 1. The van der Waals surface area contributed by atoms with Gasteiger partial charge in [0.15, 0.2) is 0 Å². The van der Waals surface area contributed by atoms with Gasteiger partial charge in [0.2, 0.25) is 11.9 Å². The zero-order valence-electron chi connectivity index (χ0n) is 16.4. The Labute approximate surface area is 164 Å². The number of halogens is 1. The van der Waals surface area contributed by atoms with E-state index in [1.165, 1.54) is 17.8 Å². The first-order chi connectivity index (χ1) is 13.4. The van der Waals surface area contributed by atoms with Gasteiger partial charge in [-0.2, -0.15) is 4.39 Å². The molecular weight excluding hydrogens is 355 g/mol. The van der Waals surface area contributed by atoms with E-state index in [0.29, 0.717) is 25.0 Å². The highest BCUT2D eigenvalue weighted by molar-refractivity contribution is 5.92. The van der Waals surface area contributed by atoms with Crippen LogP contribution in [0.2, 0.25) is 0 Å². The summed E-state index contributed by atoms with van der Waals surface area (Å²) in [7, 11) is 1.80. The van der Waals surface area contributed by atoms with Crippen molar-refractivity contribution in [2.45, 2.75) is 50.9 Å². The minimum absolute atomic E-state index is 0.0965. The molecule has 1 heterocycles. The van der Waals surface area contributed by atoms with Crippen LogP contribution in [0.25, 0.3) is 0 Å². The van der Waals surface area contributed by atoms with Gasteiger partial charge >= 0.3 is 0 Å². The molecular formula is C23H25FN2O2. The molecule has 0 aliphatic heterocycles. The first kappa shape index (κ1) is 18.8. The molecule has 3 saturated carbocycles. The van der Waals surface area contributed by atoms with E-state index >= 15 is 0 Å². The first-order valence-electron chi connectivity index (χ1n) is 9.88. The Morgan fingerprint density at radius 2 is 1.79 bits per heavy atom. The van der Waals surface area contributed by atoms with Crippen molar-refractivity contribution in [2.75, 3.05) is 11.9 Å². The van der Waals surface area contributed by atoms with E-state index in [1.54, 1.807) is 18.0 Å². The fourth-order valence-electron chi connectivity index (χ4n) is 4.89. The normalized spacial score (nSPS) is 24.8. The van der Waals surface area contributed by atoms with Crippen LogP contribution < -0.4 is 4.90 Å². The number of rotatable bonds is 7. The molecule has 3 aliphatic carbocycles. The van der Waals surface area contributed by atoms with Gasteiger partial charge in [0, 0.05) is 37.2 Å². The van der Waals surface area contributed by atoms with Crippen LogP contribution in [-0.2, 0) is 21.4 Å². The summed E-state index contributed by atoms with van der Waals surface area (Å²) < 4.78 is 12.9. The molecule has 1 amide bonds. The third-order valence-corrected chi connectivity index (χ3v) is 6.59. The Balaban J connectivity index is 1.34. The summed E-state index contributed by atoms with van der Waals surface area (Å²) in [5.74, 6) is -0.0736. The van der Waals surface area contributed by atoms with Gasteiger partial charge in [-0.1, -0.05) is 25.1 Å². The van der Waals surface area contributed by atoms with Gasteiger partial charge in [-0.15, -0.1) is 0 Å². The third kappa shape index (κ3) is 3.03. The number of hydrogen-bond acceptors (Lipinski definition) is 3. The molecule has 0 saturated heterocycles. The Kier molecular flexibility index (Phi) is 4.56. The topological polar surface area (TPSA) is 50.3 Å². The summed E-state index contributed by atoms with van der Waals surface area (Å²) in [5.41, 5.74) is 3.06. The zero-order valence-corrected chi connectivity index (χ0v) is 16.4. The van der Waals surface area contributed by atoms with Crippen LogP contribution in [0.4, 0.5) is 10.1 Å². The van der Waals surface area contributed by atoms with Crippen LogP contribution >= 0.6 is 0 Å². The van der Waals surface area contributed by atoms with Gasteiger partial charge in [0.25, 0.3) is 0 Å². The molecule has 2 aromatic rings. The molecule has 0 unspecified atom stereocenters. The van der Waals surface area contributed by atoms with Crippen LogP contribution in [0.3, 0.4) is 0 Å². The van der Waals surface area contributed by atoms with Crippen molar-refractivity contribution in [3.8, 4) is 0 Å². The average molecular weight is 380 g/mol.